The molecular formula is C13H16N2O2S. The van der Waals surface area contributed by atoms with E-state index in [-0.39, 0.29) is 0 Å². The van der Waals surface area contributed by atoms with Crippen LogP contribution in [0, 0.1) is 0 Å². The van der Waals surface area contributed by atoms with Gasteiger partial charge in [-0.1, -0.05) is 18.2 Å². The van der Waals surface area contributed by atoms with Crippen LogP contribution in [0.4, 0.5) is 0 Å². The molecule has 0 aliphatic heterocycles. The summed E-state index contributed by atoms with van der Waals surface area (Å²) >= 11 is 1.61. The van der Waals surface area contributed by atoms with Crippen LogP contribution in [0.2, 0.25) is 0 Å². The lowest BCUT2D eigenvalue weighted by Crippen LogP contribution is -2.08. The van der Waals surface area contributed by atoms with Gasteiger partial charge in [0.15, 0.2) is 5.75 Å². The number of nitrogens with zero attached hydrogens (tertiary/aromatic N) is 2. The number of hydrogen-bond acceptors (Lipinski definition) is 4. The summed E-state index contributed by atoms with van der Waals surface area (Å²) in [5.74, 6) is 1.19. The van der Waals surface area contributed by atoms with Crippen molar-refractivity contribution in [3.05, 3.63) is 42.2 Å². The van der Waals surface area contributed by atoms with Gasteiger partial charge >= 0.3 is 0 Å². The van der Waals surface area contributed by atoms with E-state index in [9.17, 15) is 5.11 Å². The Kier molecular flexibility index (Phi) is 4.28. The smallest absolute Gasteiger partial charge is 0.162 e. The van der Waals surface area contributed by atoms with Crippen LogP contribution >= 0.6 is 11.8 Å². The van der Waals surface area contributed by atoms with Crippen LogP contribution in [0.15, 0.2) is 41.4 Å². The van der Waals surface area contributed by atoms with Crippen molar-refractivity contribution < 1.29 is 9.84 Å². The number of methoxy groups -OCH3 is 1. The molecule has 1 aromatic heterocycles. The number of hydrogen-bond donors (Lipinski definition) is 1. The van der Waals surface area contributed by atoms with Crippen LogP contribution < -0.4 is 4.74 Å². The summed E-state index contributed by atoms with van der Waals surface area (Å²) in [4.78, 5) is 1.14. The number of ether oxygens (including phenoxy) is 1. The largest absolute Gasteiger partial charge is 0.493 e. The third-order valence-electron chi connectivity index (χ3n) is 2.64. The average molecular weight is 264 g/mol. The number of aliphatic hydroxyl groups is 1. The first-order valence-corrected chi connectivity index (χ1v) is 6.62. The fraction of sp³-hybridized carbons (Fsp3) is 0.308. The van der Waals surface area contributed by atoms with Crippen LogP contribution in [-0.2, 0) is 7.05 Å². The maximum atomic E-state index is 10.2. The highest BCUT2D eigenvalue weighted by Gasteiger charge is 2.18. The second-order valence-electron chi connectivity index (χ2n) is 3.86. The van der Waals surface area contributed by atoms with Crippen molar-refractivity contribution in [2.75, 3.05) is 12.9 Å². The molecule has 0 radical (unpaired) electrons. The van der Waals surface area contributed by atoms with E-state index >= 15 is 0 Å². The zero-order chi connectivity index (χ0) is 13.0. The summed E-state index contributed by atoms with van der Waals surface area (Å²) in [7, 11) is 3.38. The molecular weight excluding hydrogens is 248 g/mol. The van der Waals surface area contributed by atoms with Crippen LogP contribution in [0.3, 0.4) is 0 Å². The summed E-state index contributed by atoms with van der Waals surface area (Å²) in [6, 6.07) is 10.00. The van der Waals surface area contributed by atoms with Crippen molar-refractivity contribution in [2.45, 2.75) is 11.0 Å². The molecule has 2 aromatic rings. The Labute approximate surface area is 111 Å². The van der Waals surface area contributed by atoms with Gasteiger partial charge in [0.1, 0.15) is 11.8 Å². The molecule has 0 saturated heterocycles. The number of benzene rings is 1. The normalized spacial score (nSPS) is 12.4. The van der Waals surface area contributed by atoms with Crippen LogP contribution in [0.25, 0.3) is 0 Å². The zero-order valence-corrected chi connectivity index (χ0v) is 11.2. The van der Waals surface area contributed by atoms with Gasteiger partial charge in [-0.2, -0.15) is 5.10 Å². The summed E-state index contributed by atoms with van der Waals surface area (Å²) in [5.41, 5.74) is 0.709. The van der Waals surface area contributed by atoms with E-state index in [1.807, 2.05) is 30.3 Å². The number of thioether (sulfide) groups is 1. The minimum Gasteiger partial charge on any atom is -0.493 e. The molecule has 1 aromatic carbocycles. The van der Waals surface area contributed by atoms with E-state index in [0.717, 1.165) is 4.90 Å². The molecule has 96 valence electrons. The third-order valence-corrected chi connectivity index (χ3v) is 3.72. The first kappa shape index (κ1) is 13.0. The molecule has 0 aliphatic rings. The van der Waals surface area contributed by atoms with Crippen molar-refractivity contribution in [3.63, 3.8) is 0 Å². The van der Waals surface area contributed by atoms with Gasteiger partial charge < -0.3 is 9.84 Å². The van der Waals surface area contributed by atoms with Crippen LogP contribution in [-0.4, -0.2) is 27.7 Å². The highest BCUT2D eigenvalue weighted by atomic mass is 32.2. The van der Waals surface area contributed by atoms with Crippen molar-refractivity contribution >= 4 is 11.8 Å². The minimum absolute atomic E-state index is 0.569. The third kappa shape index (κ3) is 2.86. The molecule has 5 heteroatoms. The molecule has 4 nitrogen and oxygen atoms in total. The maximum Gasteiger partial charge on any atom is 0.162 e. The van der Waals surface area contributed by atoms with Gasteiger partial charge in [0.05, 0.1) is 13.3 Å². The van der Waals surface area contributed by atoms with E-state index in [1.54, 1.807) is 36.8 Å². The second-order valence-corrected chi connectivity index (χ2v) is 4.96. The van der Waals surface area contributed by atoms with Crippen molar-refractivity contribution in [3.8, 4) is 5.75 Å². The van der Waals surface area contributed by atoms with E-state index < -0.39 is 6.10 Å². The fourth-order valence-electron chi connectivity index (χ4n) is 1.73. The highest BCUT2D eigenvalue weighted by molar-refractivity contribution is 7.99. The lowest BCUT2D eigenvalue weighted by molar-refractivity contribution is 0.188. The van der Waals surface area contributed by atoms with Crippen LogP contribution in [0.1, 0.15) is 11.8 Å². The van der Waals surface area contributed by atoms with Gasteiger partial charge in [-0.15, -0.1) is 11.8 Å². The van der Waals surface area contributed by atoms with Gasteiger partial charge in [-0.25, -0.2) is 0 Å². The van der Waals surface area contributed by atoms with Gasteiger partial charge in [0, 0.05) is 17.7 Å². The Morgan fingerprint density at radius 3 is 2.78 bits per heavy atom. The Hall–Kier alpha value is -1.46. The Morgan fingerprint density at radius 1 is 1.39 bits per heavy atom. The monoisotopic (exact) mass is 264 g/mol. The molecule has 0 saturated carbocycles. The highest BCUT2D eigenvalue weighted by Crippen LogP contribution is 2.29. The first-order chi connectivity index (χ1) is 8.72. The van der Waals surface area contributed by atoms with E-state index in [1.165, 1.54) is 0 Å². The number of aromatic nitrogens is 2. The van der Waals surface area contributed by atoms with Crippen molar-refractivity contribution in [1.29, 1.82) is 0 Å². The first-order valence-electron chi connectivity index (χ1n) is 5.64. The fourth-order valence-corrected chi connectivity index (χ4v) is 2.59. The summed E-state index contributed by atoms with van der Waals surface area (Å²) < 4.78 is 6.83. The summed E-state index contributed by atoms with van der Waals surface area (Å²) in [5, 5.41) is 14.3. The van der Waals surface area contributed by atoms with E-state index in [4.69, 9.17) is 4.74 Å². The molecule has 0 aliphatic carbocycles. The molecule has 1 atom stereocenters. The quantitative estimate of drug-likeness (QED) is 0.841. The summed E-state index contributed by atoms with van der Waals surface area (Å²) in [6.07, 6.45) is 1.02. The number of rotatable bonds is 5. The van der Waals surface area contributed by atoms with E-state index in [2.05, 4.69) is 5.10 Å². The molecule has 1 N–H and O–H groups in total. The molecule has 0 fully saturated rings. The molecule has 1 heterocycles. The predicted octanol–water partition coefficient (Wildman–Crippen LogP) is 2.25. The Bertz CT molecular complexity index is 499. The van der Waals surface area contributed by atoms with E-state index in [0.29, 0.717) is 17.2 Å². The second kappa shape index (κ2) is 5.93. The molecule has 2 rings (SSSR count). The molecule has 0 spiro atoms. The van der Waals surface area contributed by atoms with Gasteiger partial charge in [-0.3, -0.25) is 4.68 Å². The summed E-state index contributed by atoms with van der Waals surface area (Å²) in [6.45, 7) is 0. The SMILES string of the molecule is COc1cnn(C)c1C(O)CSc1ccccc1. The zero-order valence-electron chi connectivity index (χ0n) is 10.4. The molecule has 0 amide bonds. The maximum absolute atomic E-state index is 10.2. The number of aliphatic hydroxyl groups excluding tert-OH is 1. The lowest BCUT2D eigenvalue weighted by atomic mass is 10.2. The molecule has 18 heavy (non-hydrogen) atoms. The van der Waals surface area contributed by atoms with Crippen molar-refractivity contribution in [1.82, 2.24) is 9.78 Å². The molecule has 0 bridgehead atoms. The predicted molar refractivity (Wildman–Crippen MR) is 71.9 cm³/mol. The van der Waals surface area contributed by atoms with Crippen LogP contribution in [0.5, 0.6) is 5.75 Å². The van der Waals surface area contributed by atoms with Gasteiger partial charge in [-0.05, 0) is 12.1 Å². The average Bonchev–Trinajstić information content (AvgIpc) is 2.78. The van der Waals surface area contributed by atoms with Gasteiger partial charge in [0.2, 0.25) is 0 Å². The van der Waals surface area contributed by atoms with Crippen molar-refractivity contribution in [2.24, 2.45) is 7.05 Å². The number of aryl methyl sites for hydroxylation is 1. The van der Waals surface area contributed by atoms with Gasteiger partial charge in [0.25, 0.3) is 0 Å². The lowest BCUT2D eigenvalue weighted by Gasteiger charge is -2.12. The molecule has 1 unspecified atom stereocenters. The minimum atomic E-state index is -0.599. The Balaban J connectivity index is 2.03. The Morgan fingerprint density at radius 2 is 2.11 bits per heavy atom. The standard InChI is InChI=1S/C13H16N2O2S/c1-15-13(12(17-2)8-14-15)11(16)9-18-10-6-4-3-5-7-10/h3-8,11,16H,9H2,1-2H3. The topological polar surface area (TPSA) is 47.3 Å².